The Balaban J connectivity index is 2.40. The van der Waals surface area contributed by atoms with Crippen LogP contribution < -0.4 is 10.5 Å². The summed E-state index contributed by atoms with van der Waals surface area (Å²) in [6.45, 7) is 2.09. The van der Waals surface area contributed by atoms with Crippen LogP contribution in [0.1, 0.15) is 18.4 Å². The molecule has 0 spiro atoms. The summed E-state index contributed by atoms with van der Waals surface area (Å²) in [6, 6.07) is 3.89. The molecule has 0 aromatic heterocycles. The third-order valence-corrected chi connectivity index (χ3v) is 5.41. The highest BCUT2D eigenvalue weighted by Gasteiger charge is 2.38. The maximum Gasteiger partial charge on any atom is 0.243 e. The van der Waals surface area contributed by atoms with Crippen molar-refractivity contribution in [3.8, 4) is 5.75 Å². The molecule has 0 bridgehead atoms. The van der Waals surface area contributed by atoms with Crippen LogP contribution in [-0.2, 0) is 14.8 Å². The quantitative estimate of drug-likeness (QED) is 0.883. The predicted molar refractivity (Wildman–Crippen MR) is 73.8 cm³/mol. The first-order chi connectivity index (χ1) is 9.37. The van der Waals surface area contributed by atoms with Crippen LogP contribution in [0.3, 0.4) is 0 Å². The average Bonchev–Trinajstić information content (AvgIpc) is 2.88. The number of nitrogens with zero attached hydrogens (tertiary/aromatic N) is 1. The van der Waals surface area contributed by atoms with E-state index >= 15 is 0 Å². The molecule has 1 fully saturated rings. The molecule has 20 heavy (non-hydrogen) atoms. The van der Waals surface area contributed by atoms with E-state index in [-0.39, 0.29) is 4.90 Å². The van der Waals surface area contributed by atoms with E-state index in [0.717, 1.165) is 5.56 Å². The first-order valence-corrected chi connectivity index (χ1v) is 7.77. The van der Waals surface area contributed by atoms with Gasteiger partial charge in [0.25, 0.3) is 0 Å². The highest BCUT2D eigenvalue weighted by Crippen LogP contribution is 2.28. The Hall–Kier alpha value is -1.60. The largest absolute Gasteiger partial charge is 0.496 e. The van der Waals surface area contributed by atoms with Crippen LogP contribution >= 0.6 is 0 Å². The van der Waals surface area contributed by atoms with Gasteiger partial charge in [0.15, 0.2) is 0 Å². The molecule has 6 nitrogen and oxygen atoms in total. The first kappa shape index (κ1) is 14.8. The molecular weight excluding hydrogens is 280 g/mol. The summed E-state index contributed by atoms with van der Waals surface area (Å²) in [6.07, 6.45) is 1.12. The fourth-order valence-electron chi connectivity index (χ4n) is 2.46. The molecule has 2 N–H and O–H groups in total. The number of benzene rings is 1. The summed E-state index contributed by atoms with van der Waals surface area (Å²) < 4.78 is 31.5. The maximum atomic E-state index is 12.6. The Morgan fingerprint density at radius 1 is 1.45 bits per heavy atom. The van der Waals surface area contributed by atoms with E-state index in [2.05, 4.69) is 0 Å². The van der Waals surface area contributed by atoms with Gasteiger partial charge in [0.1, 0.15) is 11.8 Å². The van der Waals surface area contributed by atoms with Gasteiger partial charge >= 0.3 is 0 Å². The van der Waals surface area contributed by atoms with Crippen molar-refractivity contribution < 1.29 is 17.9 Å². The van der Waals surface area contributed by atoms with Crippen LogP contribution in [0.4, 0.5) is 0 Å². The molecule has 1 saturated heterocycles. The molecule has 1 aliphatic rings. The SMILES string of the molecule is COc1ccc(S(=O)(=O)N2CCC[C@H]2C(N)=O)cc1C. The molecule has 1 aromatic rings. The maximum absolute atomic E-state index is 12.6. The van der Waals surface area contributed by atoms with Gasteiger partial charge in [-0.25, -0.2) is 8.42 Å². The van der Waals surface area contributed by atoms with Gasteiger partial charge in [-0.1, -0.05) is 0 Å². The van der Waals surface area contributed by atoms with Crippen molar-refractivity contribution in [1.82, 2.24) is 4.31 Å². The number of ether oxygens (including phenoxy) is 1. The van der Waals surface area contributed by atoms with Crippen LogP contribution in [0.5, 0.6) is 5.75 Å². The minimum Gasteiger partial charge on any atom is -0.496 e. The molecule has 1 atom stereocenters. The van der Waals surface area contributed by atoms with Crippen LogP contribution in [0.25, 0.3) is 0 Å². The predicted octanol–water partition coefficient (Wildman–Crippen LogP) is 0.642. The lowest BCUT2D eigenvalue weighted by Gasteiger charge is -2.22. The number of methoxy groups -OCH3 is 1. The summed E-state index contributed by atoms with van der Waals surface area (Å²) in [5.41, 5.74) is 6.00. The van der Waals surface area contributed by atoms with Gasteiger partial charge in [0, 0.05) is 6.54 Å². The number of sulfonamides is 1. The number of primary amides is 1. The van der Waals surface area contributed by atoms with E-state index in [1.54, 1.807) is 19.1 Å². The topological polar surface area (TPSA) is 89.7 Å². The van der Waals surface area contributed by atoms with E-state index in [1.165, 1.54) is 17.5 Å². The summed E-state index contributed by atoms with van der Waals surface area (Å²) in [5.74, 6) is 0.0214. The van der Waals surface area contributed by atoms with Gasteiger partial charge in [-0.2, -0.15) is 4.31 Å². The lowest BCUT2D eigenvalue weighted by molar-refractivity contribution is -0.121. The number of carbonyl (C=O) groups excluding carboxylic acids is 1. The van der Waals surface area contributed by atoms with Crippen LogP contribution in [-0.4, -0.2) is 38.3 Å². The highest BCUT2D eigenvalue weighted by molar-refractivity contribution is 7.89. The molecule has 7 heteroatoms. The first-order valence-electron chi connectivity index (χ1n) is 6.33. The van der Waals surface area contributed by atoms with Gasteiger partial charge in [-0.15, -0.1) is 0 Å². The summed E-state index contributed by atoms with van der Waals surface area (Å²) in [4.78, 5) is 11.5. The van der Waals surface area contributed by atoms with Crippen LogP contribution in [0, 0.1) is 6.92 Å². The second kappa shape index (κ2) is 5.41. The number of carbonyl (C=O) groups is 1. The fraction of sp³-hybridized carbons (Fsp3) is 0.462. The second-order valence-electron chi connectivity index (χ2n) is 4.81. The number of hydrogen-bond acceptors (Lipinski definition) is 4. The van der Waals surface area contributed by atoms with E-state index in [0.29, 0.717) is 25.1 Å². The average molecular weight is 298 g/mol. The summed E-state index contributed by atoms with van der Waals surface area (Å²) in [5, 5.41) is 0. The number of aryl methyl sites for hydroxylation is 1. The van der Waals surface area contributed by atoms with Crippen molar-refractivity contribution in [3.63, 3.8) is 0 Å². The van der Waals surface area contributed by atoms with E-state index in [9.17, 15) is 13.2 Å². The minimum absolute atomic E-state index is 0.156. The lowest BCUT2D eigenvalue weighted by atomic mass is 10.2. The molecule has 2 rings (SSSR count). The Morgan fingerprint density at radius 2 is 2.15 bits per heavy atom. The molecule has 0 unspecified atom stereocenters. The monoisotopic (exact) mass is 298 g/mol. The Bertz CT molecular complexity index is 627. The Morgan fingerprint density at radius 3 is 2.70 bits per heavy atom. The third kappa shape index (κ3) is 2.51. The van der Waals surface area contributed by atoms with Gasteiger partial charge in [0.2, 0.25) is 15.9 Å². The number of hydrogen-bond donors (Lipinski definition) is 1. The fourth-order valence-corrected chi connectivity index (χ4v) is 4.21. The lowest BCUT2D eigenvalue weighted by Crippen LogP contribution is -2.43. The zero-order valence-electron chi connectivity index (χ0n) is 11.5. The van der Waals surface area contributed by atoms with Crippen LogP contribution in [0.2, 0.25) is 0 Å². The standard InChI is InChI=1S/C13H18N2O4S/c1-9-8-10(5-6-12(9)19-2)20(17,18)15-7-3-4-11(15)13(14)16/h5-6,8,11H,3-4,7H2,1-2H3,(H2,14,16)/t11-/m0/s1. The van der Waals surface area contributed by atoms with Gasteiger partial charge in [0.05, 0.1) is 12.0 Å². The Labute approximate surface area is 118 Å². The van der Waals surface area contributed by atoms with E-state index in [1.807, 2.05) is 0 Å². The van der Waals surface area contributed by atoms with Crippen molar-refractivity contribution in [1.29, 1.82) is 0 Å². The third-order valence-electron chi connectivity index (χ3n) is 3.51. The summed E-state index contributed by atoms with van der Waals surface area (Å²) >= 11 is 0. The van der Waals surface area contributed by atoms with E-state index < -0.39 is 22.0 Å². The molecule has 1 aliphatic heterocycles. The minimum atomic E-state index is -3.70. The molecule has 0 radical (unpaired) electrons. The summed E-state index contributed by atoms with van der Waals surface area (Å²) in [7, 11) is -2.18. The smallest absolute Gasteiger partial charge is 0.243 e. The molecule has 1 heterocycles. The van der Waals surface area contributed by atoms with Crippen molar-refractivity contribution in [3.05, 3.63) is 23.8 Å². The zero-order valence-corrected chi connectivity index (χ0v) is 12.3. The van der Waals surface area contributed by atoms with Gasteiger partial charge in [-0.3, -0.25) is 4.79 Å². The zero-order chi connectivity index (χ0) is 14.9. The molecule has 1 aromatic carbocycles. The number of rotatable bonds is 4. The highest BCUT2D eigenvalue weighted by atomic mass is 32.2. The van der Waals surface area contributed by atoms with Crippen molar-refractivity contribution >= 4 is 15.9 Å². The molecular formula is C13H18N2O4S. The van der Waals surface area contributed by atoms with Crippen LogP contribution in [0.15, 0.2) is 23.1 Å². The molecule has 0 saturated carbocycles. The normalized spacial score (nSPS) is 20.0. The van der Waals surface area contributed by atoms with Gasteiger partial charge in [-0.05, 0) is 43.5 Å². The van der Waals surface area contributed by atoms with Crippen molar-refractivity contribution in [2.45, 2.75) is 30.7 Å². The molecule has 1 amide bonds. The van der Waals surface area contributed by atoms with Crippen molar-refractivity contribution in [2.75, 3.05) is 13.7 Å². The number of nitrogens with two attached hydrogens (primary N) is 1. The number of amides is 1. The second-order valence-corrected chi connectivity index (χ2v) is 6.70. The van der Waals surface area contributed by atoms with E-state index in [4.69, 9.17) is 10.5 Å². The molecule has 0 aliphatic carbocycles. The molecule has 110 valence electrons. The van der Waals surface area contributed by atoms with Gasteiger partial charge < -0.3 is 10.5 Å². The Kier molecular flexibility index (Phi) is 4.01. The van der Waals surface area contributed by atoms with Crippen molar-refractivity contribution in [2.24, 2.45) is 5.73 Å².